The van der Waals surface area contributed by atoms with Gasteiger partial charge < -0.3 is 15.5 Å². The summed E-state index contributed by atoms with van der Waals surface area (Å²) in [6.07, 6.45) is 0. The van der Waals surface area contributed by atoms with Gasteiger partial charge >= 0.3 is 6.03 Å². The van der Waals surface area contributed by atoms with Gasteiger partial charge in [0.25, 0.3) is 0 Å². The van der Waals surface area contributed by atoms with Crippen LogP contribution in [-0.4, -0.2) is 42.3 Å². The predicted octanol–water partition coefficient (Wildman–Crippen LogP) is 1.88. The Labute approximate surface area is 124 Å². The molecule has 0 unspecified atom stereocenters. The van der Waals surface area contributed by atoms with Crippen molar-refractivity contribution in [2.75, 3.05) is 18.9 Å². The Morgan fingerprint density at radius 3 is 2.19 bits per heavy atom. The van der Waals surface area contributed by atoms with Crippen LogP contribution in [0.1, 0.15) is 31.1 Å². The van der Waals surface area contributed by atoms with E-state index in [0.29, 0.717) is 11.3 Å². The van der Waals surface area contributed by atoms with Gasteiger partial charge in [0.2, 0.25) is 5.91 Å². The highest BCUT2D eigenvalue weighted by Gasteiger charge is 2.13. The zero-order chi connectivity index (χ0) is 16.0. The lowest BCUT2D eigenvalue weighted by Crippen LogP contribution is -2.42. The summed E-state index contributed by atoms with van der Waals surface area (Å²) < 4.78 is 0. The van der Waals surface area contributed by atoms with Gasteiger partial charge in [-0.25, -0.2) is 4.79 Å². The van der Waals surface area contributed by atoms with Gasteiger partial charge in [0.1, 0.15) is 6.54 Å². The Morgan fingerprint density at radius 1 is 1.14 bits per heavy atom. The van der Waals surface area contributed by atoms with E-state index in [9.17, 15) is 14.4 Å². The number of hydrogen-bond acceptors (Lipinski definition) is 3. The topological polar surface area (TPSA) is 78.5 Å². The molecule has 0 aromatic heterocycles. The van der Waals surface area contributed by atoms with E-state index >= 15 is 0 Å². The van der Waals surface area contributed by atoms with Crippen LogP contribution < -0.4 is 10.6 Å². The fourth-order valence-electron chi connectivity index (χ4n) is 1.66. The summed E-state index contributed by atoms with van der Waals surface area (Å²) in [7, 11) is 1.54. The molecule has 0 aliphatic heterocycles. The Hall–Kier alpha value is -2.37. The number of ketones is 1. The quantitative estimate of drug-likeness (QED) is 0.813. The first kappa shape index (κ1) is 16.7. The van der Waals surface area contributed by atoms with Crippen molar-refractivity contribution in [1.82, 2.24) is 10.2 Å². The second-order valence-corrected chi connectivity index (χ2v) is 5.14. The first-order valence-corrected chi connectivity index (χ1v) is 6.72. The van der Waals surface area contributed by atoms with E-state index in [1.807, 2.05) is 13.8 Å². The van der Waals surface area contributed by atoms with Crippen molar-refractivity contribution < 1.29 is 14.4 Å². The molecule has 0 saturated heterocycles. The van der Waals surface area contributed by atoms with Gasteiger partial charge in [-0.1, -0.05) is 0 Å². The van der Waals surface area contributed by atoms with Gasteiger partial charge in [-0.05, 0) is 45.0 Å². The van der Waals surface area contributed by atoms with Crippen LogP contribution in [0.2, 0.25) is 0 Å². The van der Waals surface area contributed by atoms with Crippen molar-refractivity contribution in [3.63, 3.8) is 0 Å². The van der Waals surface area contributed by atoms with E-state index in [-0.39, 0.29) is 30.3 Å². The van der Waals surface area contributed by atoms with Crippen LogP contribution in [0.4, 0.5) is 10.5 Å². The average Bonchev–Trinajstić information content (AvgIpc) is 2.38. The molecule has 6 heteroatoms. The van der Waals surface area contributed by atoms with E-state index in [1.54, 1.807) is 31.3 Å². The standard InChI is InChI=1S/C15H21N3O3/c1-10(2)16-14(20)9-18(4)15(21)17-13-7-5-12(6-8-13)11(3)19/h5-8,10H,9H2,1-4H3,(H,16,20)(H,17,21). The molecule has 1 rings (SSSR count). The minimum Gasteiger partial charge on any atom is -0.352 e. The number of urea groups is 1. The monoisotopic (exact) mass is 291 g/mol. The van der Waals surface area contributed by atoms with Crippen LogP contribution in [0.5, 0.6) is 0 Å². The van der Waals surface area contributed by atoms with E-state index in [2.05, 4.69) is 10.6 Å². The summed E-state index contributed by atoms with van der Waals surface area (Å²) in [5.74, 6) is -0.245. The highest BCUT2D eigenvalue weighted by molar-refractivity contribution is 5.95. The Bertz CT molecular complexity index is 523. The Morgan fingerprint density at radius 2 is 1.71 bits per heavy atom. The van der Waals surface area contributed by atoms with E-state index in [4.69, 9.17) is 0 Å². The maximum Gasteiger partial charge on any atom is 0.322 e. The number of carbonyl (C=O) groups is 3. The van der Waals surface area contributed by atoms with Crippen LogP contribution >= 0.6 is 0 Å². The molecule has 0 radical (unpaired) electrons. The van der Waals surface area contributed by atoms with Crippen LogP contribution in [0.15, 0.2) is 24.3 Å². The van der Waals surface area contributed by atoms with Gasteiger partial charge in [0.05, 0.1) is 0 Å². The lowest BCUT2D eigenvalue weighted by molar-refractivity contribution is -0.121. The van der Waals surface area contributed by atoms with Crippen LogP contribution in [0.3, 0.4) is 0 Å². The molecule has 114 valence electrons. The molecular weight excluding hydrogens is 270 g/mol. The molecule has 0 fully saturated rings. The molecule has 1 aromatic carbocycles. The molecule has 0 aliphatic rings. The van der Waals surface area contributed by atoms with Crippen molar-refractivity contribution in [2.45, 2.75) is 26.8 Å². The SMILES string of the molecule is CC(=O)c1ccc(NC(=O)N(C)CC(=O)NC(C)C)cc1. The number of Topliss-reactive ketones (excluding diaryl/α,β-unsaturated/α-hetero) is 1. The average molecular weight is 291 g/mol. The molecule has 0 spiro atoms. The van der Waals surface area contributed by atoms with Gasteiger partial charge in [-0.2, -0.15) is 0 Å². The third-order valence-electron chi connectivity index (χ3n) is 2.72. The molecule has 1 aromatic rings. The first-order valence-electron chi connectivity index (χ1n) is 6.72. The number of likely N-dealkylation sites (N-methyl/N-ethyl adjacent to an activating group) is 1. The fourth-order valence-corrected chi connectivity index (χ4v) is 1.66. The zero-order valence-corrected chi connectivity index (χ0v) is 12.8. The number of nitrogens with zero attached hydrogens (tertiary/aromatic N) is 1. The van der Waals surface area contributed by atoms with Crippen molar-refractivity contribution in [2.24, 2.45) is 0 Å². The minimum absolute atomic E-state index is 0.0183. The number of carbonyl (C=O) groups excluding carboxylic acids is 3. The molecule has 0 saturated carbocycles. The lowest BCUT2D eigenvalue weighted by atomic mass is 10.1. The number of rotatable bonds is 5. The van der Waals surface area contributed by atoms with E-state index in [0.717, 1.165) is 0 Å². The van der Waals surface area contributed by atoms with Crippen molar-refractivity contribution in [1.29, 1.82) is 0 Å². The second-order valence-electron chi connectivity index (χ2n) is 5.14. The van der Waals surface area contributed by atoms with Crippen LogP contribution in [0, 0.1) is 0 Å². The molecule has 0 aliphatic carbocycles. The second kappa shape index (κ2) is 7.42. The zero-order valence-electron chi connectivity index (χ0n) is 12.8. The van der Waals surface area contributed by atoms with Gasteiger partial charge in [-0.3, -0.25) is 9.59 Å². The van der Waals surface area contributed by atoms with Gasteiger partial charge in [-0.15, -0.1) is 0 Å². The third-order valence-corrected chi connectivity index (χ3v) is 2.72. The third kappa shape index (κ3) is 5.64. The van der Waals surface area contributed by atoms with Crippen molar-refractivity contribution in [3.05, 3.63) is 29.8 Å². The molecule has 6 nitrogen and oxygen atoms in total. The number of nitrogens with one attached hydrogen (secondary N) is 2. The summed E-state index contributed by atoms with van der Waals surface area (Å²) in [6.45, 7) is 5.17. The normalized spacial score (nSPS) is 10.1. The summed E-state index contributed by atoms with van der Waals surface area (Å²) in [5, 5.41) is 5.38. The predicted molar refractivity (Wildman–Crippen MR) is 81.4 cm³/mol. The minimum atomic E-state index is -0.385. The summed E-state index contributed by atoms with van der Waals surface area (Å²) in [6, 6.07) is 6.23. The lowest BCUT2D eigenvalue weighted by Gasteiger charge is -2.18. The molecule has 3 amide bonds. The van der Waals surface area contributed by atoms with Crippen molar-refractivity contribution in [3.8, 4) is 0 Å². The molecule has 0 atom stereocenters. The summed E-state index contributed by atoms with van der Waals surface area (Å²) >= 11 is 0. The highest BCUT2D eigenvalue weighted by Crippen LogP contribution is 2.10. The smallest absolute Gasteiger partial charge is 0.322 e. The number of hydrogen-bond donors (Lipinski definition) is 2. The first-order chi connectivity index (χ1) is 9.79. The van der Waals surface area contributed by atoms with Crippen LogP contribution in [0.25, 0.3) is 0 Å². The molecule has 0 heterocycles. The van der Waals surface area contributed by atoms with E-state index < -0.39 is 0 Å². The Kier molecular flexibility index (Phi) is 5.90. The molecular formula is C15H21N3O3. The van der Waals surface area contributed by atoms with Gasteiger partial charge in [0, 0.05) is 24.3 Å². The summed E-state index contributed by atoms with van der Waals surface area (Å²) in [5.41, 5.74) is 1.15. The summed E-state index contributed by atoms with van der Waals surface area (Å²) in [4.78, 5) is 35.9. The Balaban J connectivity index is 2.55. The maximum absolute atomic E-state index is 11.9. The maximum atomic E-state index is 11.9. The van der Waals surface area contributed by atoms with E-state index in [1.165, 1.54) is 11.8 Å². The van der Waals surface area contributed by atoms with Gasteiger partial charge in [0.15, 0.2) is 5.78 Å². The molecule has 2 N–H and O–H groups in total. The number of benzene rings is 1. The fraction of sp³-hybridized carbons (Fsp3) is 0.400. The molecule has 0 bridgehead atoms. The largest absolute Gasteiger partial charge is 0.352 e. The highest BCUT2D eigenvalue weighted by atomic mass is 16.2. The molecule has 21 heavy (non-hydrogen) atoms. The number of amides is 3. The van der Waals surface area contributed by atoms with Crippen molar-refractivity contribution >= 4 is 23.4 Å². The number of anilines is 1. The van der Waals surface area contributed by atoms with Crippen LogP contribution in [-0.2, 0) is 4.79 Å².